The first kappa shape index (κ1) is 26.9. The SMILES string of the molecule is CCCCCCCC/C(C)=C(/C)CCCCCCCC(=O)NCCCC(C)=O. The van der Waals surface area contributed by atoms with E-state index in [4.69, 9.17) is 0 Å². The third-order valence-electron chi connectivity index (χ3n) is 5.62. The van der Waals surface area contributed by atoms with E-state index in [2.05, 4.69) is 26.1 Å². The molecule has 0 heterocycles. The normalized spacial score (nSPS) is 12.0. The van der Waals surface area contributed by atoms with E-state index in [1.54, 1.807) is 18.1 Å². The highest BCUT2D eigenvalue weighted by atomic mass is 16.1. The van der Waals surface area contributed by atoms with Gasteiger partial charge in [-0.3, -0.25) is 4.79 Å². The summed E-state index contributed by atoms with van der Waals surface area (Å²) < 4.78 is 0. The van der Waals surface area contributed by atoms with E-state index in [1.807, 2.05) is 0 Å². The molecule has 0 unspecified atom stereocenters. The molecule has 0 bridgehead atoms. The van der Waals surface area contributed by atoms with Gasteiger partial charge in [-0.2, -0.15) is 0 Å². The van der Waals surface area contributed by atoms with Crippen molar-refractivity contribution in [2.24, 2.45) is 0 Å². The van der Waals surface area contributed by atoms with Gasteiger partial charge >= 0.3 is 0 Å². The van der Waals surface area contributed by atoms with Crippen LogP contribution in [-0.4, -0.2) is 18.2 Å². The Morgan fingerprint density at radius 3 is 1.54 bits per heavy atom. The van der Waals surface area contributed by atoms with Crippen LogP contribution >= 0.6 is 0 Å². The summed E-state index contributed by atoms with van der Waals surface area (Å²) in [6, 6.07) is 0. The van der Waals surface area contributed by atoms with Crippen LogP contribution in [0, 0.1) is 0 Å². The molecule has 1 amide bonds. The summed E-state index contributed by atoms with van der Waals surface area (Å²) >= 11 is 0. The van der Waals surface area contributed by atoms with Gasteiger partial charge in [-0.1, -0.05) is 69.4 Å². The fraction of sp³-hybridized carbons (Fsp3) is 0.840. The number of amides is 1. The molecule has 0 aliphatic heterocycles. The first-order valence-corrected chi connectivity index (χ1v) is 11.9. The summed E-state index contributed by atoms with van der Waals surface area (Å²) in [5.74, 6) is 0.324. The van der Waals surface area contributed by atoms with Crippen molar-refractivity contribution in [2.45, 2.75) is 130 Å². The quantitative estimate of drug-likeness (QED) is 0.185. The van der Waals surface area contributed by atoms with Gasteiger partial charge in [-0.15, -0.1) is 0 Å². The number of hydrogen-bond acceptors (Lipinski definition) is 2. The van der Waals surface area contributed by atoms with Crippen molar-refractivity contribution < 1.29 is 9.59 Å². The number of Topliss-reactive ketones (excluding diaryl/α,β-unsaturated/α-hetero) is 1. The van der Waals surface area contributed by atoms with Gasteiger partial charge in [0.05, 0.1) is 0 Å². The molecular weight excluding hydrogens is 346 g/mol. The number of carbonyl (C=O) groups excluding carboxylic acids is 2. The van der Waals surface area contributed by atoms with Gasteiger partial charge in [0.15, 0.2) is 0 Å². The Hall–Kier alpha value is -1.12. The predicted octanol–water partition coefficient (Wildman–Crippen LogP) is 7.29. The summed E-state index contributed by atoms with van der Waals surface area (Å²) in [6.45, 7) is 9.12. The Bertz CT molecular complexity index is 440. The molecule has 0 fully saturated rings. The molecule has 0 aliphatic rings. The first-order chi connectivity index (χ1) is 13.5. The molecule has 3 nitrogen and oxygen atoms in total. The van der Waals surface area contributed by atoms with E-state index < -0.39 is 0 Å². The van der Waals surface area contributed by atoms with Gasteiger partial charge < -0.3 is 10.1 Å². The van der Waals surface area contributed by atoms with E-state index in [1.165, 1.54) is 70.6 Å². The summed E-state index contributed by atoms with van der Waals surface area (Å²) in [7, 11) is 0. The predicted molar refractivity (Wildman–Crippen MR) is 122 cm³/mol. The summed E-state index contributed by atoms with van der Waals surface area (Å²) in [5, 5.41) is 2.90. The Balaban J connectivity index is 3.55. The zero-order valence-electron chi connectivity index (χ0n) is 19.3. The molecule has 164 valence electrons. The highest BCUT2D eigenvalue weighted by Gasteiger charge is 2.02. The maximum atomic E-state index is 11.7. The third-order valence-corrected chi connectivity index (χ3v) is 5.62. The Kier molecular flexibility index (Phi) is 18.4. The molecule has 0 aromatic rings. The van der Waals surface area contributed by atoms with E-state index in [9.17, 15) is 9.59 Å². The number of rotatable bonds is 19. The molecule has 3 heteroatoms. The van der Waals surface area contributed by atoms with Gasteiger partial charge in [0.1, 0.15) is 5.78 Å². The maximum Gasteiger partial charge on any atom is 0.219 e. The van der Waals surface area contributed by atoms with Crippen LogP contribution in [0.15, 0.2) is 11.1 Å². The second kappa shape index (κ2) is 19.2. The van der Waals surface area contributed by atoms with Crippen LogP contribution in [0.25, 0.3) is 0 Å². The van der Waals surface area contributed by atoms with Crippen LogP contribution in [0.3, 0.4) is 0 Å². The molecule has 0 aromatic heterocycles. The topological polar surface area (TPSA) is 46.2 Å². The van der Waals surface area contributed by atoms with Gasteiger partial charge in [0.2, 0.25) is 5.91 Å². The fourth-order valence-electron chi connectivity index (χ4n) is 3.46. The number of carbonyl (C=O) groups is 2. The summed E-state index contributed by atoms with van der Waals surface area (Å²) in [5.41, 5.74) is 3.20. The van der Waals surface area contributed by atoms with E-state index in [0.717, 1.165) is 19.3 Å². The van der Waals surface area contributed by atoms with Gasteiger partial charge in [-0.25, -0.2) is 0 Å². The van der Waals surface area contributed by atoms with Crippen molar-refractivity contribution in [1.82, 2.24) is 5.32 Å². The summed E-state index contributed by atoms with van der Waals surface area (Å²) in [6.07, 6.45) is 18.6. The fourth-order valence-corrected chi connectivity index (χ4v) is 3.46. The van der Waals surface area contributed by atoms with Crippen LogP contribution in [0.2, 0.25) is 0 Å². The molecule has 0 aliphatic carbocycles. The minimum Gasteiger partial charge on any atom is -0.356 e. The minimum atomic E-state index is 0.132. The van der Waals surface area contributed by atoms with Crippen molar-refractivity contribution >= 4 is 11.7 Å². The molecule has 0 saturated carbocycles. The lowest BCUT2D eigenvalue weighted by molar-refractivity contribution is -0.121. The summed E-state index contributed by atoms with van der Waals surface area (Å²) in [4.78, 5) is 22.5. The van der Waals surface area contributed by atoms with Gasteiger partial charge in [0, 0.05) is 19.4 Å². The molecule has 0 radical (unpaired) electrons. The minimum absolute atomic E-state index is 0.132. The van der Waals surface area contributed by atoms with Crippen molar-refractivity contribution in [3.05, 3.63) is 11.1 Å². The monoisotopic (exact) mass is 393 g/mol. The smallest absolute Gasteiger partial charge is 0.219 e. The van der Waals surface area contributed by atoms with Crippen molar-refractivity contribution in [2.75, 3.05) is 6.54 Å². The van der Waals surface area contributed by atoms with Crippen molar-refractivity contribution in [3.63, 3.8) is 0 Å². The zero-order chi connectivity index (χ0) is 21.0. The number of allylic oxidation sites excluding steroid dienone is 2. The van der Waals surface area contributed by atoms with Gasteiger partial charge in [-0.05, 0) is 59.3 Å². The average molecular weight is 394 g/mol. The number of hydrogen-bond donors (Lipinski definition) is 1. The van der Waals surface area contributed by atoms with E-state index in [-0.39, 0.29) is 11.7 Å². The Morgan fingerprint density at radius 1 is 0.571 bits per heavy atom. The molecule has 0 atom stereocenters. The Morgan fingerprint density at radius 2 is 1.04 bits per heavy atom. The largest absolute Gasteiger partial charge is 0.356 e. The number of unbranched alkanes of at least 4 members (excludes halogenated alkanes) is 9. The van der Waals surface area contributed by atoms with Crippen LogP contribution in [0.5, 0.6) is 0 Å². The molecule has 28 heavy (non-hydrogen) atoms. The lowest BCUT2D eigenvalue weighted by Crippen LogP contribution is -2.24. The van der Waals surface area contributed by atoms with Gasteiger partial charge in [0.25, 0.3) is 0 Å². The van der Waals surface area contributed by atoms with E-state index in [0.29, 0.717) is 19.4 Å². The molecular formula is C25H47NO2. The Labute approximate surface area is 175 Å². The van der Waals surface area contributed by atoms with Crippen molar-refractivity contribution in [1.29, 1.82) is 0 Å². The van der Waals surface area contributed by atoms with Crippen LogP contribution in [0.1, 0.15) is 130 Å². The lowest BCUT2D eigenvalue weighted by atomic mass is 9.98. The molecule has 0 rings (SSSR count). The van der Waals surface area contributed by atoms with Crippen LogP contribution in [-0.2, 0) is 9.59 Å². The number of ketones is 1. The average Bonchev–Trinajstić information content (AvgIpc) is 2.66. The number of nitrogens with one attached hydrogen (secondary N) is 1. The lowest BCUT2D eigenvalue weighted by Gasteiger charge is -2.08. The van der Waals surface area contributed by atoms with Crippen LogP contribution in [0.4, 0.5) is 0 Å². The van der Waals surface area contributed by atoms with E-state index >= 15 is 0 Å². The zero-order valence-corrected chi connectivity index (χ0v) is 19.3. The maximum absolute atomic E-state index is 11.7. The molecule has 0 aromatic carbocycles. The molecule has 1 N–H and O–H groups in total. The third kappa shape index (κ3) is 18.3. The second-order valence-electron chi connectivity index (χ2n) is 8.50. The molecule has 0 spiro atoms. The van der Waals surface area contributed by atoms with Crippen molar-refractivity contribution in [3.8, 4) is 0 Å². The highest BCUT2D eigenvalue weighted by molar-refractivity contribution is 5.76. The van der Waals surface area contributed by atoms with Crippen LogP contribution < -0.4 is 5.32 Å². The molecule has 0 saturated heterocycles. The standard InChI is InChI=1S/C25H47NO2/c1-5-6-7-8-10-13-17-22(2)23(3)18-14-11-9-12-15-20-25(28)26-21-16-19-24(4)27/h5-21H2,1-4H3,(H,26,28)/b23-22-. The second-order valence-corrected chi connectivity index (χ2v) is 8.50. The highest BCUT2D eigenvalue weighted by Crippen LogP contribution is 2.19. The first-order valence-electron chi connectivity index (χ1n) is 11.9.